The van der Waals surface area contributed by atoms with Crippen LogP contribution in [0.2, 0.25) is 0 Å². The van der Waals surface area contributed by atoms with Gasteiger partial charge in [0.25, 0.3) is 0 Å². The summed E-state index contributed by atoms with van der Waals surface area (Å²) in [6, 6.07) is 7.14. The van der Waals surface area contributed by atoms with E-state index in [4.69, 9.17) is 5.11 Å². The normalized spacial score (nSPS) is 11.3. The summed E-state index contributed by atoms with van der Waals surface area (Å²) in [5, 5.41) is 22.8. The van der Waals surface area contributed by atoms with Crippen molar-refractivity contribution in [1.82, 2.24) is 20.1 Å². The van der Waals surface area contributed by atoms with Crippen molar-refractivity contribution in [3.8, 4) is 11.4 Å². The van der Waals surface area contributed by atoms with Gasteiger partial charge in [-0.2, -0.15) is 0 Å². The molecular weight excluding hydrogens is 294 g/mol. The van der Waals surface area contributed by atoms with E-state index < -0.39 is 5.54 Å². The molecular formula is C16H23N5O2. The SMILES string of the molecule is CCn1cnnc1-c1ccccc1NC(=O)NC(C)(C)CCO. The lowest BCUT2D eigenvalue weighted by atomic mass is 10.0. The van der Waals surface area contributed by atoms with Gasteiger partial charge >= 0.3 is 6.03 Å². The van der Waals surface area contributed by atoms with E-state index in [2.05, 4.69) is 20.8 Å². The summed E-state index contributed by atoms with van der Waals surface area (Å²) >= 11 is 0. The van der Waals surface area contributed by atoms with E-state index in [1.54, 1.807) is 6.33 Å². The minimum absolute atomic E-state index is 0.0173. The van der Waals surface area contributed by atoms with Crippen LogP contribution in [-0.4, -0.2) is 38.0 Å². The number of aromatic nitrogens is 3. The van der Waals surface area contributed by atoms with Crippen LogP contribution in [0.3, 0.4) is 0 Å². The number of amides is 2. The fourth-order valence-electron chi connectivity index (χ4n) is 2.28. The number of aryl methyl sites for hydroxylation is 1. The molecule has 0 saturated carbocycles. The standard InChI is InChI=1S/C16H23N5O2/c1-4-21-11-17-20-14(21)12-7-5-6-8-13(12)18-15(23)19-16(2,3)9-10-22/h5-8,11,22H,4,9-10H2,1-3H3,(H2,18,19,23). The first-order valence-corrected chi connectivity index (χ1v) is 7.64. The zero-order valence-electron chi connectivity index (χ0n) is 13.7. The molecule has 2 rings (SSSR count). The molecule has 0 fully saturated rings. The number of carbonyl (C=O) groups excluding carboxylic acids is 1. The van der Waals surface area contributed by atoms with Crippen molar-refractivity contribution in [2.45, 2.75) is 39.3 Å². The van der Waals surface area contributed by atoms with Crippen LogP contribution in [0, 0.1) is 0 Å². The molecule has 7 heteroatoms. The maximum absolute atomic E-state index is 12.2. The second-order valence-corrected chi connectivity index (χ2v) is 5.92. The van der Waals surface area contributed by atoms with Gasteiger partial charge in [-0.05, 0) is 39.3 Å². The lowest BCUT2D eigenvalue weighted by Crippen LogP contribution is -2.46. The van der Waals surface area contributed by atoms with Gasteiger partial charge in [0.15, 0.2) is 5.82 Å². The number of para-hydroxylation sites is 1. The molecule has 2 aromatic rings. The maximum Gasteiger partial charge on any atom is 0.319 e. The number of benzene rings is 1. The molecule has 0 saturated heterocycles. The van der Waals surface area contributed by atoms with E-state index in [-0.39, 0.29) is 12.6 Å². The highest BCUT2D eigenvalue weighted by molar-refractivity contribution is 5.94. The molecule has 1 aromatic carbocycles. The number of aliphatic hydroxyl groups is 1. The average Bonchev–Trinajstić information content (AvgIpc) is 2.95. The van der Waals surface area contributed by atoms with Crippen molar-refractivity contribution in [2.75, 3.05) is 11.9 Å². The number of anilines is 1. The second kappa shape index (κ2) is 7.23. The highest BCUT2D eigenvalue weighted by atomic mass is 16.3. The lowest BCUT2D eigenvalue weighted by molar-refractivity contribution is 0.218. The Hall–Kier alpha value is -2.41. The van der Waals surface area contributed by atoms with Crippen LogP contribution in [0.15, 0.2) is 30.6 Å². The fraction of sp³-hybridized carbons (Fsp3) is 0.438. The average molecular weight is 317 g/mol. The molecule has 3 N–H and O–H groups in total. The van der Waals surface area contributed by atoms with E-state index in [1.165, 1.54) is 0 Å². The number of carbonyl (C=O) groups is 1. The topological polar surface area (TPSA) is 92.1 Å². The first-order valence-electron chi connectivity index (χ1n) is 7.64. The number of nitrogens with one attached hydrogen (secondary N) is 2. The van der Waals surface area contributed by atoms with Gasteiger partial charge in [0, 0.05) is 24.3 Å². The van der Waals surface area contributed by atoms with Crippen LogP contribution in [-0.2, 0) is 6.54 Å². The highest BCUT2D eigenvalue weighted by Crippen LogP contribution is 2.26. The Labute approximate surface area is 135 Å². The van der Waals surface area contributed by atoms with E-state index >= 15 is 0 Å². The molecule has 23 heavy (non-hydrogen) atoms. The summed E-state index contributed by atoms with van der Waals surface area (Å²) < 4.78 is 1.91. The van der Waals surface area contributed by atoms with Crippen LogP contribution in [0.1, 0.15) is 27.2 Å². The predicted octanol–water partition coefficient (Wildman–Crippen LogP) is 2.25. The Morgan fingerprint density at radius 1 is 1.35 bits per heavy atom. The Morgan fingerprint density at radius 3 is 2.78 bits per heavy atom. The van der Waals surface area contributed by atoms with Gasteiger partial charge in [-0.3, -0.25) is 0 Å². The van der Waals surface area contributed by atoms with Gasteiger partial charge in [0.2, 0.25) is 0 Å². The van der Waals surface area contributed by atoms with Crippen molar-refractivity contribution in [1.29, 1.82) is 0 Å². The van der Waals surface area contributed by atoms with Crippen LogP contribution in [0.25, 0.3) is 11.4 Å². The second-order valence-electron chi connectivity index (χ2n) is 5.92. The van der Waals surface area contributed by atoms with Crippen molar-refractivity contribution in [3.63, 3.8) is 0 Å². The summed E-state index contributed by atoms with van der Waals surface area (Å²) in [4.78, 5) is 12.2. The molecule has 124 valence electrons. The number of rotatable bonds is 6. The summed E-state index contributed by atoms with van der Waals surface area (Å²) in [6.45, 7) is 6.49. The minimum Gasteiger partial charge on any atom is -0.396 e. The van der Waals surface area contributed by atoms with Gasteiger partial charge in [0.05, 0.1) is 5.69 Å². The third-order valence-electron chi connectivity index (χ3n) is 3.56. The van der Waals surface area contributed by atoms with Crippen molar-refractivity contribution in [3.05, 3.63) is 30.6 Å². The van der Waals surface area contributed by atoms with Gasteiger partial charge < -0.3 is 20.3 Å². The third kappa shape index (κ3) is 4.29. The maximum atomic E-state index is 12.2. The molecule has 1 aromatic heterocycles. The molecule has 0 unspecified atom stereocenters. The number of urea groups is 1. The zero-order chi connectivity index (χ0) is 16.9. The van der Waals surface area contributed by atoms with Gasteiger partial charge in [0.1, 0.15) is 6.33 Å². The highest BCUT2D eigenvalue weighted by Gasteiger charge is 2.20. The Morgan fingerprint density at radius 2 is 2.09 bits per heavy atom. The predicted molar refractivity (Wildman–Crippen MR) is 89.1 cm³/mol. The number of hydrogen-bond donors (Lipinski definition) is 3. The molecule has 0 aliphatic rings. The Bertz CT molecular complexity index is 666. The molecule has 0 atom stereocenters. The van der Waals surface area contributed by atoms with Crippen molar-refractivity contribution >= 4 is 11.7 Å². The molecule has 0 aliphatic carbocycles. The number of nitrogens with zero attached hydrogens (tertiary/aromatic N) is 3. The Balaban J connectivity index is 2.20. The summed E-state index contributed by atoms with van der Waals surface area (Å²) in [5.74, 6) is 0.706. The van der Waals surface area contributed by atoms with Crippen LogP contribution in [0.5, 0.6) is 0 Å². The fourth-order valence-corrected chi connectivity index (χ4v) is 2.28. The van der Waals surface area contributed by atoms with Crippen LogP contribution in [0.4, 0.5) is 10.5 Å². The first kappa shape index (κ1) is 17.0. The molecule has 0 bridgehead atoms. The van der Waals surface area contributed by atoms with Crippen molar-refractivity contribution < 1.29 is 9.90 Å². The largest absolute Gasteiger partial charge is 0.396 e. The van der Waals surface area contributed by atoms with E-state index in [9.17, 15) is 4.79 Å². The Kier molecular flexibility index (Phi) is 5.33. The summed E-state index contributed by atoms with van der Waals surface area (Å²) in [6.07, 6.45) is 2.14. The lowest BCUT2D eigenvalue weighted by Gasteiger charge is -2.25. The molecule has 0 aliphatic heterocycles. The number of hydrogen-bond acceptors (Lipinski definition) is 4. The molecule has 0 radical (unpaired) electrons. The van der Waals surface area contributed by atoms with Gasteiger partial charge in [-0.25, -0.2) is 4.79 Å². The van der Waals surface area contributed by atoms with E-state index in [1.807, 2.05) is 49.6 Å². The third-order valence-corrected chi connectivity index (χ3v) is 3.56. The first-order chi connectivity index (χ1) is 11.0. The minimum atomic E-state index is -0.489. The van der Waals surface area contributed by atoms with Gasteiger partial charge in [-0.1, -0.05) is 12.1 Å². The molecule has 0 spiro atoms. The van der Waals surface area contributed by atoms with Crippen LogP contribution < -0.4 is 10.6 Å². The molecule has 1 heterocycles. The zero-order valence-corrected chi connectivity index (χ0v) is 13.7. The van der Waals surface area contributed by atoms with E-state index in [0.717, 1.165) is 12.1 Å². The quantitative estimate of drug-likeness (QED) is 0.762. The molecule has 7 nitrogen and oxygen atoms in total. The van der Waals surface area contributed by atoms with Crippen LogP contribution >= 0.6 is 0 Å². The monoisotopic (exact) mass is 317 g/mol. The summed E-state index contributed by atoms with van der Waals surface area (Å²) in [7, 11) is 0. The molecule has 2 amide bonds. The van der Waals surface area contributed by atoms with Gasteiger partial charge in [-0.15, -0.1) is 10.2 Å². The number of aliphatic hydroxyl groups excluding tert-OH is 1. The van der Waals surface area contributed by atoms with Crippen molar-refractivity contribution in [2.24, 2.45) is 0 Å². The smallest absolute Gasteiger partial charge is 0.319 e. The van der Waals surface area contributed by atoms with E-state index in [0.29, 0.717) is 17.9 Å². The summed E-state index contributed by atoms with van der Waals surface area (Å²) in [5.41, 5.74) is 0.978.